The topological polar surface area (TPSA) is 39.9 Å². The zero-order valence-electron chi connectivity index (χ0n) is 19.9. The number of hydrogen-bond donors (Lipinski definition) is 1. The molecule has 6 aromatic rings. The van der Waals surface area contributed by atoms with Crippen molar-refractivity contribution in [1.82, 2.24) is 14.5 Å². The van der Waals surface area contributed by atoms with E-state index in [1.54, 1.807) is 0 Å². The predicted molar refractivity (Wildman–Crippen MR) is 146 cm³/mol. The van der Waals surface area contributed by atoms with E-state index in [4.69, 9.17) is 14.7 Å². The van der Waals surface area contributed by atoms with Crippen molar-refractivity contribution in [2.75, 3.05) is 0 Å². The summed E-state index contributed by atoms with van der Waals surface area (Å²) in [5.74, 6) is 2.15. The molecule has 0 unspecified atom stereocenters. The minimum Gasteiger partial charge on any atom is -0.439 e. The number of para-hydroxylation sites is 2. The van der Waals surface area contributed by atoms with Gasteiger partial charge in [0.15, 0.2) is 0 Å². The Morgan fingerprint density at radius 1 is 0.800 bits per heavy atom. The molecule has 6 rings (SSSR count). The molecule has 3 heterocycles. The van der Waals surface area contributed by atoms with Crippen molar-refractivity contribution in [3.8, 4) is 17.4 Å². The first kappa shape index (κ1) is 21.7. The summed E-state index contributed by atoms with van der Waals surface area (Å²) < 4.78 is 8.45. The van der Waals surface area contributed by atoms with Crippen LogP contribution in [0.15, 0.2) is 96.0 Å². The number of nitrogens with zero attached hydrogens (tertiary/aromatic N) is 3. The molecule has 0 aliphatic heterocycles. The van der Waals surface area contributed by atoms with Gasteiger partial charge in [-0.05, 0) is 53.4 Å². The first-order chi connectivity index (χ1) is 16.9. The highest BCUT2D eigenvalue weighted by Gasteiger charge is 2.18. The van der Waals surface area contributed by atoms with Gasteiger partial charge >= 0.3 is 0 Å². The molecule has 3 aromatic heterocycles. The van der Waals surface area contributed by atoms with Crippen LogP contribution < -0.4 is 4.74 Å². The van der Waals surface area contributed by atoms with E-state index in [-0.39, 0.29) is 5.41 Å². The van der Waals surface area contributed by atoms with E-state index in [0.29, 0.717) is 5.88 Å². The Bertz CT molecular complexity index is 1730. The van der Waals surface area contributed by atoms with Crippen molar-refractivity contribution in [1.29, 1.82) is 0 Å². The third-order valence-electron chi connectivity index (χ3n) is 6.38. The minimum absolute atomic E-state index is 0.0261. The lowest BCUT2D eigenvalue weighted by molar-refractivity contribution is 0.465. The molecule has 0 saturated heterocycles. The van der Waals surface area contributed by atoms with E-state index in [2.05, 4.69) is 86.5 Å². The number of rotatable bonds is 3. The third-order valence-corrected chi connectivity index (χ3v) is 6.74. The number of benzene rings is 3. The highest BCUT2D eigenvalue weighted by molar-refractivity contribution is 7.80. The largest absolute Gasteiger partial charge is 0.439 e. The summed E-state index contributed by atoms with van der Waals surface area (Å²) >= 11 is 4.55. The Morgan fingerprint density at radius 3 is 2.49 bits per heavy atom. The molecule has 0 atom stereocenters. The highest BCUT2D eigenvalue weighted by atomic mass is 32.1. The van der Waals surface area contributed by atoms with Crippen LogP contribution in [0.5, 0.6) is 11.6 Å². The molecule has 172 valence electrons. The van der Waals surface area contributed by atoms with Gasteiger partial charge in [-0.3, -0.25) is 4.57 Å². The fourth-order valence-corrected chi connectivity index (χ4v) is 4.82. The van der Waals surface area contributed by atoms with Crippen LogP contribution in [0.3, 0.4) is 0 Å². The summed E-state index contributed by atoms with van der Waals surface area (Å²) in [6.45, 7) is 6.66. The van der Waals surface area contributed by atoms with Gasteiger partial charge in [0.1, 0.15) is 11.6 Å². The first-order valence-corrected chi connectivity index (χ1v) is 12.1. The van der Waals surface area contributed by atoms with E-state index < -0.39 is 0 Å². The van der Waals surface area contributed by atoms with Crippen molar-refractivity contribution in [2.45, 2.75) is 31.1 Å². The minimum atomic E-state index is 0.0261. The maximum absolute atomic E-state index is 6.24. The van der Waals surface area contributed by atoms with Crippen molar-refractivity contribution in [3.05, 3.63) is 96.7 Å². The number of hydrogen-bond acceptors (Lipinski definition) is 4. The van der Waals surface area contributed by atoms with Gasteiger partial charge in [-0.25, -0.2) is 9.97 Å². The molecule has 0 bridgehead atoms. The number of ether oxygens (including phenoxy) is 1. The second kappa shape index (κ2) is 8.14. The SMILES string of the molecule is CC(C)(C)c1ccnc(-n2c3ccccc3c3ccc(Oc4ccc5cccc(S)c5n4)cc32)c1. The van der Waals surface area contributed by atoms with Gasteiger partial charge in [-0.2, -0.15) is 0 Å². The molecular formula is C30H25N3OS. The monoisotopic (exact) mass is 475 g/mol. The van der Waals surface area contributed by atoms with Crippen LogP contribution in [0, 0.1) is 0 Å². The standard InChI is InChI=1S/C30H25N3OS/c1-30(2,3)20-15-16-31-27(17-20)33-24-9-5-4-8-22(24)23-13-12-21(18-25(23)33)34-28-14-11-19-7-6-10-26(35)29(19)32-28/h4-18,35H,1-3H3. The molecular weight excluding hydrogens is 450 g/mol. The molecule has 0 aliphatic carbocycles. The zero-order chi connectivity index (χ0) is 24.2. The van der Waals surface area contributed by atoms with E-state index in [9.17, 15) is 0 Å². The van der Waals surface area contributed by atoms with E-state index in [1.807, 2.05) is 42.6 Å². The maximum Gasteiger partial charge on any atom is 0.219 e. The summed E-state index contributed by atoms with van der Waals surface area (Å²) in [5.41, 5.74) is 4.24. The van der Waals surface area contributed by atoms with E-state index >= 15 is 0 Å². The Hall–Kier alpha value is -3.83. The molecule has 3 aromatic carbocycles. The number of aromatic nitrogens is 3. The average molecular weight is 476 g/mol. The Balaban J connectivity index is 1.51. The van der Waals surface area contributed by atoms with Crippen molar-refractivity contribution in [2.24, 2.45) is 0 Å². The molecule has 0 N–H and O–H groups in total. The van der Waals surface area contributed by atoms with Gasteiger partial charge in [-0.15, -0.1) is 12.6 Å². The second-order valence-electron chi connectivity index (χ2n) is 9.78. The van der Waals surface area contributed by atoms with E-state index in [0.717, 1.165) is 43.8 Å². The molecule has 35 heavy (non-hydrogen) atoms. The summed E-state index contributed by atoms with van der Waals surface area (Å²) in [7, 11) is 0. The normalized spacial score (nSPS) is 12.0. The Labute approximate surface area is 209 Å². The van der Waals surface area contributed by atoms with Gasteiger partial charge in [0.05, 0.1) is 16.6 Å². The summed E-state index contributed by atoms with van der Waals surface area (Å²) in [6.07, 6.45) is 1.89. The first-order valence-electron chi connectivity index (χ1n) is 11.7. The molecule has 0 saturated carbocycles. The van der Waals surface area contributed by atoms with Crippen LogP contribution in [0.2, 0.25) is 0 Å². The lowest BCUT2D eigenvalue weighted by Crippen LogP contribution is -2.12. The van der Waals surface area contributed by atoms with Gasteiger partial charge in [-0.1, -0.05) is 51.1 Å². The van der Waals surface area contributed by atoms with Crippen molar-refractivity contribution in [3.63, 3.8) is 0 Å². The van der Waals surface area contributed by atoms with Gasteiger partial charge in [0.2, 0.25) is 5.88 Å². The van der Waals surface area contributed by atoms with Crippen LogP contribution in [-0.4, -0.2) is 14.5 Å². The number of pyridine rings is 2. The maximum atomic E-state index is 6.24. The summed E-state index contributed by atoms with van der Waals surface area (Å²) in [6, 6.07) is 28.7. The zero-order valence-corrected chi connectivity index (χ0v) is 20.8. The quantitative estimate of drug-likeness (QED) is 0.263. The molecule has 0 fully saturated rings. The average Bonchev–Trinajstić information content (AvgIpc) is 3.18. The lowest BCUT2D eigenvalue weighted by Gasteiger charge is -2.20. The molecule has 0 aliphatic rings. The molecule has 4 nitrogen and oxygen atoms in total. The highest BCUT2D eigenvalue weighted by Crippen LogP contribution is 2.35. The predicted octanol–water partition coefficient (Wildman–Crippen LogP) is 8.11. The molecule has 0 spiro atoms. The van der Waals surface area contributed by atoms with Crippen molar-refractivity contribution < 1.29 is 4.74 Å². The third kappa shape index (κ3) is 3.82. The van der Waals surface area contributed by atoms with Gasteiger partial charge in [0, 0.05) is 39.4 Å². The number of thiol groups is 1. The summed E-state index contributed by atoms with van der Waals surface area (Å²) in [5, 5.41) is 3.37. The molecule has 0 radical (unpaired) electrons. The molecule has 5 heteroatoms. The van der Waals surface area contributed by atoms with Crippen LogP contribution in [-0.2, 0) is 5.41 Å². The summed E-state index contributed by atoms with van der Waals surface area (Å²) in [4.78, 5) is 10.3. The number of fused-ring (bicyclic) bond motifs is 4. The Morgan fingerprint density at radius 2 is 1.63 bits per heavy atom. The van der Waals surface area contributed by atoms with Crippen LogP contribution in [0.25, 0.3) is 38.5 Å². The molecule has 0 amide bonds. The van der Waals surface area contributed by atoms with Crippen LogP contribution in [0.4, 0.5) is 0 Å². The Kier molecular flexibility index (Phi) is 5.04. The van der Waals surface area contributed by atoms with Gasteiger partial charge in [0.25, 0.3) is 0 Å². The van der Waals surface area contributed by atoms with E-state index in [1.165, 1.54) is 10.9 Å². The smallest absolute Gasteiger partial charge is 0.219 e. The fraction of sp³-hybridized carbons (Fsp3) is 0.133. The van der Waals surface area contributed by atoms with Crippen molar-refractivity contribution >= 4 is 45.3 Å². The fourth-order valence-electron chi connectivity index (χ4n) is 4.56. The lowest BCUT2D eigenvalue weighted by atomic mass is 9.88. The second-order valence-corrected chi connectivity index (χ2v) is 10.3. The van der Waals surface area contributed by atoms with Gasteiger partial charge < -0.3 is 4.74 Å². The van der Waals surface area contributed by atoms with Crippen LogP contribution >= 0.6 is 12.6 Å². The van der Waals surface area contributed by atoms with Crippen LogP contribution in [0.1, 0.15) is 26.3 Å².